The Balaban J connectivity index is 2.45. The van der Waals surface area contributed by atoms with Crippen LogP contribution in [0.25, 0.3) is 0 Å². The van der Waals surface area contributed by atoms with E-state index in [1.807, 2.05) is 6.92 Å². The summed E-state index contributed by atoms with van der Waals surface area (Å²) in [7, 11) is 0. The van der Waals surface area contributed by atoms with Crippen molar-refractivity contribution in [3.05, 3.63) is 0 Å². The van der Waals surface area contributed by atoms with Gasteiger partial charge in [-0.2, -0.15) is 0 Å². The van der Waals surface area contributed by atoms with Crippen LogP contribution in [0.1, 0.15) is 59.8 Å². The Morgan fingerprint density at radius 2 is 2.07 bits per heavy atom. The third kappa shape index (κ3) is 4.23. The zero-order valence-corrected chi connectivity index (χ0v) is 10.5. The summed E-state index contributed by atoms with van der Waals surface area (Å²) in [4.78, 5) is 11.4. The number of ether oxygens (including phenoxy) is 1. The lowest BCUT2D eigenvalue weighted by atomic mass is 9.71. The summed E-state index contributed by atoms with van der Waals surface area (Å²) < 4.78 is 5.50. The van der Waals surface area contributed by atoms with Gasteiger partial charge in [0.2, 0.25) is 0 Å². The monoisotopic (exact) mass is 212 g/mol. The predicted octanol–water partition coefficient (Wildman–Crippen LogP) is 3.54. The zero-order chi connectivity index (χ0) is 11.5. The van der Waals surface area contributed by atoms with E-state index in [1.54, 1.807) is 0 Å². The van der Waals surface area contributed by atoms with Crippen molar-refractivity contribution in [2.24, 2.45) is 11.3 Å². The van der Waals surface area contributed by atoms with Crippen LogP contribution in [0.15, 0.2) is 0 Å². The molecule has 0 aliphatic heterocycles. The van der Waals surface area contributed by atoms with Crippen molar-refractivity contribution in [1.82, 2.24) is 0 Å². The first kappa shape index (κ1) is 12.5. The second kappa shape index (κ2) is 5.00. The maximum Gasteiger partial charge on any atom is 0.306 e. The summed E-state index contributed by atoms with van der Waals surface area (Å²) in [5, 5.41) is 0. The summed E-state index contributed by atoms with van der Waals surface area (Å²) >= 11 is 0. The average Bonchev–Trinajstić information content (AvgIpc) is 1.99. The Kier molecular flexibility index (Phi) is 4.18. The summed E-state index contributed by atoms with van der Waals surface area (Å²) in [5.74, 6) is 0.653. The van der Waals surface area contributed by atoms with Gasteiger partial charge in [0.05, 0.1) is 0 Å². The number of rotatable bonds is 3. The minimum Gasteiger partial charge on any atom is -0.462 e. The highest BCUT2D eigenvalue weighted by Gasteiger charge is 2.33. The lowest BCUT2D eigenvalue weighted by Crippen LogP contribution is -2.33. The van der Waals surface area contributed by atoms with Crippen LogP contribution < -0.4 is 0 Å². The molecule has 1 aliphatic rings. The molecule has 2 atom stereocenters. The van der Waals surface area contributed by atoms with Crippen molar-refractivity contribution in [2.75, 3.05) is 0 Å². The van der Waals surface area contributed by atoms with Gasteiger partial charge in [-0.05, 0) is 37.0 Å². The summed E-state index contributed by atoms with van der Waals surface area (Å²) in [6, 6.07) is 0. The van der Waals surface area contributed by atoms with Crippen molar-refractivity contribution in [3.8, 4) is 0 Å². The van der Waals surface area contributed by atoms with Crippen LogP contribution in [-0.4, -0.2) is 12.1 Å². The minimum atomic E-state index is -0.0209. The normalized spacial score (nSPS) is 29.9. The van der Waals surface area contributed by atoms with E-state index in [4.69, 9.17) is 4.74 Å². The largest absolute Gasteiger partial charge is 0.462 e. The summed E-state index contributed by atoms with van der Waals surface area (Å²) in [5.41, 5.74) is 0.328. The van der Waals surface area contributed by atoms with Gasteiger partial charge in [0.1, 0.15) is 6.10 Å². The van der Waals surface area contributed by atoms with Gasteiger partial charge >= 0.3 is 5.97 Å². The molecule has 1 aliphatic carbocycles. The first-order valence-corrected chi connectivity index (χ1v) is 6.12. The van der Waals surface area contributed by atoms with Crippen LogP contribution in [-0.2, 0) is 9.53 Å². The van der Waals surface area contributed by atoms with Crippen LogP contribution in [0.3, 0.4) is 0 Å². The smallest absolute Gasteiger partial charge is 0.306 e. The first-order valence-electron chi connectivity index (χ1n) is 6.12. The fourth-order valence-electron chi connectivity index (χ4n) is 2.80. The van der Waals surface area contributed by atoms with Crippen LogP contribution in [0, 0.1) is 11.3 Å². The van der Waals surface area contributed by atoms with Crippen molar-refractivity contribution in [2.45, 2.75) is 65.9 Å². The van der Waals surface area contributed by atoms with E-state index in [-0.39, 0.29) is 12.1 Å². The molecule has 1 fully saturated rings. The predicted molar refractivity (Wildman–Crippen MR) is 61.6 cm³/mol. The van der Waals surface area contributed by atoms with E-state index >= 15 is 0 Å². The highest BCUT2D eigenvalue weighted by molar-refractivity contribution is 5.69. The molecule has 0 bridgehead atoms. The van der Waals surface area contributed by atoms with E-state index in [1.165, 1.54) is 6.42 Å². The molecule has 0 spiro atoms. The molecule has 0 radical (unpaired) electrons. The lowest BCUT2D eigenvalue weighted by Gasteiger charge is -2.38. The van der Waals surface area contributed by atoms with Gasteiger partial charge in [-0.25, -0.2) is 0 Å². The van der Waals surface area contributed by atoms with E-state index < -0.39 is 0 Å². The Morgan fingerprint density at radius 3 is 2.60 bits per heavy atom. The average molecular weight is 212 g/mol. The van der Waals surface area contributed by atoms with Gasteiger partial charge in [0.25, 0.3) is 0 Å². The summed E-state index contributed by atoms with van der Waals surface area (Å²) in [6.45, 7) is 8.79. The van der Waals surface area contributed by atoms with E-state index in [0.29, 0.717) is 17.8 Å². The number of esters is 1. The maximum atomic E-state index is 11.4. The zero-order valence-electron chi connectivity index (χ0n) is 10.5. The van der Waals surface area contributed by atoms with Crippen molar-refractivity contribution >= 4 is 5.97 Å². The van der Waals surface area contributed by atoms with Gasteiger partial charge in [-0.15, -0.1) is 0 Å². The van der Waals surface area contributed by atoms with Gasteiger partial charge in [0.15, 0.2) is 0 Å². The number of carbonyl (C=O) groups excluding carboxylic acids is 1. The van der Waals surface area contributed by atoms with Gasteiger partial charge in [-0.3, -0.25) is 4.79 Å². The maximum absolute atomic E-state index is 11.4. The van der Waals surface area contributed by atoms with Crippen LogP contribution in [0.2, 0.25) is 0 Å². The Hall–Kier alpha value is -0.530. The van der Waals surface area contributed by atoms with Crippen LogP contribution >= 0.6 is 0 Å². The second-order valence-corrected chi connectivity index (χ2v) is 5.78. The molecule has 0 aromatic heterocycles. The molecule has 0 aromatic carbocycles. The van der Waals surface area contributed by atoms with Crippen LogP contribution in [0.4, 0.5) is 0 Å². The standard InChI is InChI=1S/C13H24O2/c1-5-6-12(14)15-11-7-10(2)8-13(3,4)9-11/h10-11H,5-9H2,1-4H3/t10-,11+/m0/s1. The number of hydrogen-bond donors (Lipinski definition) is 0. The first-order chi connectivity index (χ1) is 6.93. The third-order valence-corrected chi connectivity index (χ3v) is 3.10. The van der Waals surface area contributed by atoms with Crippen molar-refractivity contribution in [3.63, 3.8) is 0 Å². The van der Waals surface area contributed by atoms with E-state index in [9.17, 15) is 4.79 Å². The van der Waals surface area contributed by atoms with Gasteiger partial charge < -0.3 is 4.74 Å². The fourth-order valence-corrected chi connectivity index (χ4v) is 2.80. The molecule has 0 heterocycles. The fraction of sp³-hybridized carbons (Fsp3) is 0.923. The Morgan fingerprint density at radius 1 is 1.40 bits per heavy atom. The molecular formula is C13H24O2. The lowest BCUT2D eigenvalue weighted by molar-refractivity contribution is -0.153. The van der Waals surface area contributed by atoms with Crippen molar-refractivity contribution < 1.29 is 9.53 Å². The summed E-state index contributed by atoms with van der Waals surface area (Å²) in [6.07, 6.45) is 4.90. The number of hydrogen-bond acceptors (Lipinski definition) is 2. The molecule has 2 heteroatoms. The molecule has 0 unspecified atom stereocenters. The highest BCUT2D eigenvalue weighted by Crippen LogP contribution is 2.39. The molecule has 0 N–H and O–H groups in total. The minimum absolute atomic E-state index is 0.0209. The number of carbonyl (C=O) groups is 1. The molecule has 1 saturated carbocycles. The highest BCUT2D eigenvalue weighted by atomic mass is 16.5. The third-order valence-electron chi connectivity index (χ3n) is 3.10. The molecule has 0 aromatic rings. The van der Waals surface area contributed by atoms with E-state index in [2.05, 4.69) is 20.8 Å². The molecule has 0 saturated heterocycles. The molecular weight excluding hydrogens is 188 g/mol. The molecule has 0 amide bonds. The van der Waals surface area contributed by atoms with Gasteiger partial charge in [-0.1, -0.05) is 27.7 Å². The van der Waals surface area contributed by atoms with Gasteiger partial charge in [0, 0.05) is 6.42 Å². The Bertz CT molecular complexity index is 221. The Labute approximate surface area is 93.4 Å². The molecule has 2 nitrogen and oxygen atoms in total. The molecule has 15 heavy (non-hydrogen) atoms. The topological polar surface area (TPSA) is 26.3 Å². The quantitative estimate of drug-likeness (QED) is 0.669. The SMILES string of the molecule is CCCC(=O)O[C@@H]1C[C@H](C)CC(C)(C)C1. The van der Waals surface area contributed by atoms with Crippen molar-refractivity contribution in [1.29, 1.82) is 0 Å². The van der Waals surface area contributed by atoms with E-state index in [0.717, 1.165) is 19.3 Å². The molecule has 88 valence electrons. The van der Waals surface area contributed by atoms with Crippen LogP contribution in [0.5, 0.6) is 0 Å². The molecule has 1 rings (SSSR count). The second-order valence-electron chi connectivity index (χ2n) is 5.78.